The third-order valence-electron chi connectivity index (χ3n) is 2.02. The van der Waals surface area contributed by atoms with Crippen molar-refractivity contribution in [3.8, 4) is 11.8 Å². The third kappa shape index (κ3) is 5.49. The minimum Gasteiger partial charge on any atom is -0.444 e. The van der Waals surface area contributed by atoms with Crippen molar-refractivity contribution in [3.05, 3.63) is 28.0 Å². The van der Waals surface area contributed by atoms with E-state index in [0.29, 0.717) is 4.47 Å². The minimum absolute atomic E-state index is 0.0455. The fourth-order valence-corrected chi connectivity index (χ4v) is 1.74. The van der Waals surface area contributed by atoms with E-state index < -0.39 is 17.5 Å². The molecule has 20 heavy (non-hydrogen) atoms. The van der Waals surface area contributed by atoms with E-state index in [-0.39, 0.29) is 17.8 Å². The molecule has 0 saturated heterocycles. The van der Waals surface area contributed by atoms with Crippen molar-refractivity contribution >= 4 is 27.7 Å². The summed E-state index contributed by atoms with van der Waals surface area (Å²) in [5, 5.41) is 2.45. The second kappa shape index (κ2) is 6.62. The summed E-state index contributed by atoms with van der Waals surface area (Å²) in [5.74, 6) is 4.70. The molecule has 0 bridgehead atoms. The Morgan fingerprint density at radius 2 is 2.15 bits per heavy atom. The molecule has 0 atom stereocenters. The molecule has 1 aromatic rings. The van der Waals surface area contributed by atoms with Crippen LogP contribution in [-0.4, -0.2) is 18.2 Å². The van der Waals surface area contributed by atoms with Crippen LogP contribution in [0.2, 0.25) is 0 Å². The quantitative estimate of drug-likeness (QED) is 0.609. The molecule has 0 saturated carbocycles. The van der Waals surface area contributed by atoms with Crippen LogP contribution in [0.15, 0.2) is 16.6 Å². The van der Waals surface area contributed by atoms with Gasteiger partial charge in [0.25, 0.3) is 0 Å². The lowest BCUT2D eigenvalue weighted by Gasteiger charge is -2.19. The van der Waals surface area contributed by atoms with Crippen LogP contribution in [-0.2, 0) is 4.74 Å². The highest BCUT2D eigenvalue weighted by Crippen LogP contribution is 2.21. The van der Waals surface area contributed by atoms with Gasteiger partial charge in [-0.1, -0.05) is 27.8 Å². The van der Waals surface area contributed by atoms with E-state index in [2.05, 4.69) is 33.1 Å². The zero-order valence-corrected chi connectivity index (χ0v) is 13.1. The summed E-state index contributed by atoms with van der Waals surface area (Å²) < 4.78 is 19.2. The van der Waals surface area contributed by atoms with Crippen LogP contribution < -0.4 is 11.1 Å². The number of carbonyl (C=O) groups is 1. The Labute approximate surface area is 126 Å². The molecule has 0 aliphatic rings. The summed E-state index contributed by atoms with van der Waals surface area (Å²) >= 11 is 3.13. The maximum absolute atomic E-state index is 13.6. The Morgan fingerprint density at radius 1 is 1.50 bits per heavy atom. The number of ether oxygens (including phenoxy) is 1. The molecule has 1 rings (SSSR count). The van der Waals surface area contributed by atoms with Crippen molar-refractivity contribution < 1.29 is 13.9 Å². The number of hydrogen-bond donors (Lipinski definition) is 2. The van der Waals surface area contributed by atoms with E-state index in [0.717, 1.165) is 0 Å². The Kier molecular flexibility index (Phi) is 5.40. The van der Waals surface area contributed by atoms with Crippen LogP contribution in [0, 0.1) is 17.7 Å². The lowest BCUT2D eigenvalue weighted by molar-refractivity contribution is 0.0535. The third-order valence-corrected chi connectivity index (χ3v) is 2.48. The van der Waals surface area contributed by atoms with Crippen LogP contribution in [0.1, 0.15) is 26.3 Å². The molecular formula is C14H16BrFN2O2. The number of rotatable bonds is 1. The SMILES string of the molecule is CC(C)(C)OC(=O)NCC#Cc1c(N)cc(Br)cc1F. The lowest BCUT2D eigenvalue weighted by Crippen LogP contribution is -2.32. The standard InChI is InChI=1S/C14H16BrFN2O2/c1-14(2,3)20-13(19)18-6-4-5-10-11(16)7-9(15)8-12(10)17/h7-8H,6,17H2,1-3H3,(H,18,19). The molecule has 1 amide bonds. The van der Waals surface area contributed by atoms with Gasteiger partial charge in [0.15, 0.2) is 0 Å². The molecular weight excluding hydrogens is 327 g/mol. The monoisotopic (exact) mass is 342 g/mol. The number of carbonyl (C=O) groups excluding carboxylic acids is 1. The second-order valence-electron chi connectivity index (χ2n) is 5.01. The first-order valence-corrected chi connectivity index (χ1v) is 6.68. The Morgan fingerprint density at radius 3 is 2.70 bits per heavy atom. The van der Waals surface area contributed by atoms with Gasteiger partial charge in [0, 0.05) is 4.47 Å². The van der Waals surface area contributed by atoms with E-state index in [1.54, 1.807) is 26.8 Å². The maximum atomic E-state index is 13.6. The summed E-state index contributed by atoms with van der Waals surface area (Å²) in [6.07, 6.45) is -0.573. The van der Waals surface area contributed by atoms with Gasteiger partial charge in [0.2, 0.25) is 0 Å². The highest BCUT2D eigenvalue weighted by Gasteiger charge is 2.15. The number of nitrogen functional groups attached to an aromatic ring is 1. The van der Waals surface area contributed by atoms with Gasteiger partial charge in [-0.2, -0.15) is 0 Å². The van der Waals surface area contributed by atoms with Crippen LogP contribution >= 0.6 is 15.9 Å². The largest absolute Gasteiger partial charge is 0.444 e. The summed E-state index contributed by atoms with van der Waals surface area (Å²) in [6.45, 7) is 5.33. The Hall–Kier alpha value is -1.74. The summed E-state index contributed by atoms with van der Waals surface area (Å²) in [4.78, 5) is 11.3. The predicted molar refractivity (Wildman–Crippen MR) is 79.6 cm³/mol. The zero-order chi connectivity index (χ0) is 15.3. The van der Waals surface area contributed by atoms with Crippen molar-refractivity contribution in [1.82, 2.24) is 5.32 Å². The van der Waals surface area contributed by atoms with E-state index in [1.807, 2.05) is 0 Å². The molecule has 4 nitrogen and oxygen atoms in total. The number of nitrogens with one attached hydrogen (secondary N) is 1. The number of halogens is 2. The Balaban J connectivity index is 2.62. The van der Waals surface area contributed by atoms with Crippen LogP contribution in [0.25, 0.3) is 0 Å². The van der Waals surface area contributed by atoms with Crippen molar-refractivity contribution in [3.63, 3.8) is 0 Å². The molecule has 0 spiro atoms. The first kappa shape index (κ1) is 16.3. The molecule has 0 radical (unpaired) electrons. The van der Waals surface area contributed by atoms with E-state index >= 15 is 0 Å². The number of benzene rings is 1. The van der Waals surface area contributed by atoms with E-state index in [9.17, 15) is 9.18 Å². The lowest BCUT2D eigenvalue weighted by atomic mass is 10.2. The van der Waals surface area contributed by atoms with Gasteiger partial charge < -0.3 is 15.8 Å². The molecule has 108 valence electrons. The van der Waals surface area contributed by atoms with Gasteiger partial charge in [-0.3, -0.25) is 0 Å². The molecule has 0 fully saturated rings. The zero-order valence-electron chi connectivity index (χ0n) is 11.5. The van der Waals surface area contributed by atoms with Crippen LogP contribution in [0.3, 0.4) is 0 Å². The summed E-state index contributed by atoms with van der Waals surface area (Å²) in [5.41, 5.74) is 5.44. The molecule has 0 heterocycles. The van der Waals surface area contributed by atoms with E-state index in [4.69, 9.17) is 10.5 Å². The summed E-state index contributed by atoms with van der Waals surface area (Å²) in [7, 11) is 0. The number of amides is 1. The first-order chi connectivity index (χ1) is 9.19. The van der Waals surface area contributed by atoms with Crippen LogP contribution in [0.5, 0.6) is 0 Å². The fraction of sp³-hybridized carbons (Fsp3) is 0.357. The fourth-order valence-electron chi connectivity index (χ4n) is 1.29. The predicted octanol–water partition coefficient (Wildman–Crippen LogP) is 3.05. The van der Waals surface area contributed by atoms with Gasteiger partial charge >= 0.3 is 6.09 Å². The van der Waals surface area contributed by atoms with E-state index in [1.165, 1.54) is 6.07 Å². The maximum Gasteiger partial charge on any atom is 0.408 e. The van der Waals surface area contributed by atoms with Crippen molar-refractivity contribution in [1.29, 1.82) is 0 Å². The average Bonchev–Trinajstić information content (AvgIpc) is 2.23. The molecule has 6 heteroatoms. The second-order valence-corrected chi connectivity index (χ2v) is 5.92. The molecule has 0 aliphatic carbocycles. The normalized spacial score (nSPS) is 10.4. The minimum atomic E-state index is -0.573. The first-order valence-electron chi connectivity index (χ1n) is 5.89. The van der Waals surface area contributed by atoms with Gasteiger partial charge in [-0.25, -0.2) is 9.18 Å². The van der Waals surface area contributed by atoms with Gasteiger partial charge in [-0.05, 0) is 32.9 Å². The smallest absolute Gasteiger partial charge is 0.408 e. The topological polar surface area (TPSA) is 64.3 Å². The highest BCUT2D eigenvalue weighted by molar-refractivity contribution is 9.10. The Bertz CT molecular complexity index is 548. The molecule has 1 aromatic carbocycles. The van der Waals surface area contributed by atoms with Gasteiger partial charge in [-0.15, -0.1) is 0 Å². The number of nitrogens with two attached hydrogens (primary N) is 1. The van der Waals surface area contributed by atoms with Gasteiger partial charge in [0.1, 0.15) is 11.4 Å². The molecule has 0 aliphatic heterocycles. The molecule has 0 aromatic heterocycles. The van der Waals surface area contributed by atoms with Crippen molar-refractivity contribution in [2.75, 3.05) is 12.3 Å². The molecule has 3 N–H and O–H groups in total. The van der Waals surface area contributed by atoms with Crippen LogP contribution in [0.4, 0.5) is 14.9 Å². The number of alkyl carbamates (subject to hydrolysis) is 1. The number of hydrogen-bond acceptors (Lipinski definition) is 3. The van der Waals surface area contributed by atoms with Gasteiger partial charge in [0.05, 0.1) is 17.8 Å². The molecule has 0 unspecified atom stereocenters. The number of anilines is 1. The average molecular weight is 343 g/mol. The van der Waals surface area contributed by atoms with Crippen molar-refractivity contribution in [2.45, 2.75) is 26.4 Å². The summed E-state index contributed by atoms with van der Waals surface area (Å²) in [6, 6.07) is 2.84. The highest BCUT2D eigenvalue weighted by atomic mass is 79.9. The van der Waals surface area contributed by atoms with Crippen molar-refractivity contribution in [2.24, 2.45) is 0 Å².